The van der Waals surface area contributed by atoms with Crippen LogP contribution in [0, 0.1) is 0 Å². The van der Waals surface area contributed by atoms with Gasteiger partial charge in [-0.2, -0.15) is 15.0 Å². The zero-order chi connectivity index (χ0) is 21.8. The summed E-state index contributed by atoms with van der Waals surface area (Å²) in [5.74, 6) is 0.339. The molecule has 164 valence electrons. The number of carbonyl (C=O) groups excluding carboxylic acids is 1. The van der Waals surface area contributed by atoms with Crippen LogP contribution in [0.1, 0.15) is 35.3 Å². The number of nitrogens with one attached hydrogen (secondary N) is 3. The quantitative estimate of drug-likeness (QED) is 0.416. The summed E-state index contributed by atoms with van der Waals surface area (Å²) >= 11 is 0. The molecule has 1 saturated carbocycles. The lowest BCUT2D eigenvalue weighted by molar-refractivity contribution is 0.0271. The molecular weight excluding hydrogens is 410 g/mol. The summed E-state index contributed by atoms with van der Waals surface area (Å²) in [4.78, 5) is 19.1. The Kier molecular flexibility index (Phi) is 4.25. The molecule has 1 aliphatic heterocycles. The normalized spacial score (nSPS) is 20.8. The lowest BCUT2D eigenvalue weighted by Gasteiger charge is -2.22. The number of carbonyl (C=O) groups is 1. The number of imidazole rings is 1. The Morgan fingerprint density at radius 1 is 1.19 bits per heavy atom. The van der Waals surface area contributed by atoms with Gasteiger partial charge in [0.2, 0.25) is 0 Å². The van der Waals surface area contributed by atoms with Crippen molar-refractivity contribution in [3.8, 4) is 0 Å². The minimum atomic E-state index is -0.211. The molecule has 4 heterocycles. The van der Waals surface area contributed by atoms with Crippen LogP contribution in [0.5, 0.6) is 0 Å². The van der Waals surface area contributed by atoms with Crippen LogP contribution in [0.3, 0.4) is 0 Å². The van der Waals surface area contributed by atoms with Crippen LogP contribution < -0.4 is 16.0 Å². The van der Waals surface area contributed by atoms with Crippen LogP contribution in [0.15, 0.2) is 24.4 Å². The van der Waals surface area contributed by atoms with E-state index in [2.05, 4.69) is 36.2 Å². The van der Waals surface area contributed by atoms with Gasteiger partial charge in [0.15, 0.2) is 17.2 Å². The highest BCUT2D eigenvalue weighted by Gasteiger charge is 2.31. The second-order valence-electron chi connectivity index (χ2n) is 8.26. The number of anilines is 3. The zero-order valence-electron chi connectivity index (χ0n) is 17.8. The molecule has 4 bridgehead atoms. The summed E-state index contributed by atoms with van der Waals surface area (Å²) in [6.45, 7) is 0.421. The molecule has 11 nitrogen and oxygen atoms in total. The van der Waals surface area contributed by atoms with Gasteiger partial charge in [-0.05, 0) is 37.0 Å². The van der Waals surface area contributed by atoms with Crippen LogP contribution in [0.4, 0.5) is 17.2 Å². The van der Waals surface area contributed by atoms with Crippen molar-refractivity contribution in [3.05, 3.63) is 35.7 Å². The van der Waals surface area contributed by atoms with Crippen molar-refractivity contribution in [3.63, 3.8) is 0 Å². The first-order valence-corrected chi connectivity index (χ1v) is 10.7. The van der Waals surface area contributed by atoms with Crippen molar-refractivity contribution in [2.45, 2.75) is 38.0 Å². The second kappa shape index (κ2) is 7.16. The van der Waals surface area contributed by atoms with E-state index in [1.165, 1.54) is 0 Å². The standard InChI is InChI=1S/C21H23N9O2/c1-22-15-8-18-24-13-6-11(7-14-19(13)28-29(2)26-14)10-32-17-5-3-4-12(17)25-21(31)16-9-23-20(15)30(16)27-18/h6-9,12,17,22H,3-5,10H2,1-2H3,(H,24,27)(H,25,31)/t12-,17-/m1/s1. The van der Waals surface area contributed by atoms with Gasteiger partial charge in [-0.3, -0.25) is 4.79 Å². The van der Waals surface area contributed by atoms with E-state index in [1.54, 1.807) is 22.6 Å². The molecule has 0 unspecified atom stereocenters. The summed E-state index contributed by atoms with van der Waals surface area (Å²) < 4.78 is 7.82. The first-order chi connectivity index (χ1) is 15.6. The van der Waals surface area contributed by atoms with E-state index in [-0.39, 0.29) is 18.1 Å². The Balaban J connectivity index is 1.56. The van der Waals surface area contributed by atoms with Gasteiger partial charge in [0.25, 0.3) is 5.91 Å². The number of benzene rings is 1. The summed E-state index contributed by atoms with van der Waals surface area (Å²) in [6.07, 6.45) is 4.30. The SMILES string of the molecule is CNc1cc2nn3c(cnc13)C(=O)N[C@@H]1CCC[C@H]1OCc1cc(c3nn(C)nc3c1)N2. The summed E-state index contributed by atoms with van der Waals surface area (Å²) in [5.41, 5.74) is 4.97. The maximum Gasteiger partial charge on any atom is 0.271 e. The highest BCUT2D eigenvalue weighted by molar-refractivity contribution is 5.94. The third-order valence-electron chi connectivity index (χ3n) is 6.11. The first kappa shape index (κ1) is 19.0. The minimum Gasteiger partial charge on any atom is -0.385 e. The molecule has 0 saturated heterocycles. The van der Waals surface area contributed by atoms with E-state index in [0.717, 1.165) is 47.2 Å². The lowest BCUT2D eigenvalue weighted by Crippen LogP contribution is -2.41. The second-order valence-corrected chi connectivity index (χ2v) is 8.26. The van der Waals surface area contributed by atoms with Crippen LogP contribution in [0.2, 0.25) is 0 Å². The van der Waals surface area contributed by atoms with E-state index in [4.69, 9.17) is 4.74 Å². The van der Waals surface area contributed by atoms with E-state index in [9.17, 15) is 4.79 Å². The van der Waals surface area contributed by atoms with Gasteiger partial charge in [-0.15, -0.1) is 5.10 Å². The molecule has 1 fully saturated rings. The number of amides is 1. The molecule has 2 aliphatic rings. The molecule has 3 N–H and O–H groups in total. The molecule has 0 radical (unpaired) electrons. The van der Waals surface area contributed by atoms with Crippen molar-refractivity contribution in [1.29, 1.82) is 0 Å². The van der Waals surface area contributed by atoms with E-state index in [1.807, 2.05) is 25.2 Å². The van der Waals surface area contributed by atoms with Gasteiger partial charge < -0.3 is 20.7 Å². The number of aryl methyl sites for hydroxylation is 1. The summed E-state index contributed by atoms with van der Waals surface area (Å²) in [7, 11) is 3.61. The average Bonchev–Trinajstić information content (AvgIpc) is 3.49. The molecule has 1 aliphatic carbocycles. The molecule has 0 spiro atoms. The lowest BCUT2D eigenvalue weighted by atomic mass is 10.1. The molecule has 1 aromatic carbocycles. The van der Waals surface area contributed by atoms with Crippen LogP contribution in [-0.4, -0.2) is 54.7 Å². The monoisotopic (exact) mass is 433 g/mol. The Bertz CT molecular complexity index is 1360. The Morgan fingerprint density at radius 3 is 2.97 bits per heavy atom. The van der Waals surface area contributed by atoms with Crippen molar-refractivity contribution in [2.24, 2.45) is 7.05 Å². The van der Waals surface area contributed by atoms with Gasteiger partial charge in [-0.25, -0.2) is 9.50 Å². The third-order valence-corrected chi connectivity index (χ3v) is 6.11. The molecular formula is C21H23N9O2. The predicted octanol–water partition coefficient (Wildman–Crippen LogP) is 1.98. The minimum absolute atomic E-state index is 0.0496. The van der Waals surface area contributed by atoms with Crippen LogP contribution >= 0.6 is 0 Å². The molecule has 1 amide bonds. The number of rotatable bonds is 1. The maximum absolute atomic E-state index is 13.1. The smallest absolute Gasteiger partial charge is 0.271 e. The number of aromatic nitrogens is 6. The van der Waals surface area contributed by atoms with Crippen molar-refractivity contribution < 1.29 is 9.53 Å². The Labute approximate surface area is 183 Å². The molecule has 2 atom stereocenters. The van der Waals surface area contributed by atoms with Gasteiger partial charge >= 0.3 is 0 Å². The van der Waals surface area contributed by atoms with Gasteiger partial charge in [0.05, 0.1) is 36.3 Å². The summed E-state index contributed by atoms with van der Waals surface area (Å²) in [5, 5.41) is 23.3. The topological polar surface area (TPSA) is 123 Å². The predicted molar refractivity (Wildman–Crippen MR) is 118 cm³/mol. The van der Waals surface area contributed by atoms with Gasteiger partial charge in [-0.1, -0.05) is 0 Å². The average molecular weight is 433 g/mol. The number of ether oxygens (including phenoxy) is 1. The maximum atomic E-state index is 13.1. The van der Waals surface area contributed by atoms with E-state index < -0.39 is 0 Å². The van der Waals surface area contributed by atoms with Crippen molar-refractivity contribution >= 4 is 39.8 Å². The zero-order valence-corrected chi connectivity index (χ0v) is 17.8. The third kappa shape index (κ3) is 3.04. The van der Waals surface area contributed by atoms with Gasteiger partial charge in [0.1, 0.15) is 11.0 Å². The summed E-state index contributed by atoms with van der Waals surface area (Å²) in [6, 6.07) is 5.81. The highest BCUT2D eigenvalue weighted by Crippen LogP contribution is 2.30. The molecule has 32 heavy (non-hydrogen) atoms. The number of hydrogen-bond donors (Lipinski definition) is 3. The number of fused-ring (bicyclic) bond motifs is 6. The largest absolute Gasteiger partial charge is 0.385 e. The fourth-order valence-corrected chi connectivity index (χ4v) is 4.60. The Morgan fingerprint density at radius 2 is 2.09 bits per heavy atom. The van der Waals surface area contributed by atoms with Crippen molar-refractivity contribution in [2.75, 3.05) is 17.7 Å². The van der Waals surface area contributed by atoms with Crippen molar-refractivity contribution in [1.82, 2.24) is 34.9 Å². The Hall–Kier alpha value is -3.73. The van der Waals surface area contributed by atoms with Crippen LogP contribution in [0.25, 0.3) is 16.7 Å². The first-order valence-electron chi connectivity index (χ1n) is 10.7. The van der Waals surface area contributed by atoms with E-state index >= 15 is 0 Å². The molecule has 3 aromatic heterocycles. The van der Waals surface area contributed by atoms with E-state index in [0.29, 0.717) is 23.8 Å². The molecule has 6 rings (SSSR count). The number of hydrogen-bond acceptors (Lipinski definition) is 8. The van der Waals surface area contributed by atoms with Gasteiger partial charge in [0, 0.05) is 20.2 Å². The fraction of sp³-hybridized carbons (Fsp3) is 0.381. The van der Waals surface area contributed by atoms with Crippen LogP contribution in [-0.2, 0) is 18.4 Å². The fourth-order valence-electron chi connectivity index (χ4n) is 4.60. The highest BCUT2D eigenvalue weighted by atomic mass is 16.5. The molecule has 11 heteroatoms. The molecule has 4 aromatic rings. The number of nitrogens with zero attached hydrogens (tertiary/aromatic N) is 6.